The van der Waals surface area contributed by atoms with Crippen LogP contribution in [0.1, 0.15) is 26.2 Å². The first-order chi connectivity index (χ1) is 10.8. The third-order valence-electron chi connectivity index (χ3n) is 4.30. The fourth-order valence-electron chi connectivity index (χ4n) is 2.99. The number of rotatable bonds is 9. The van der Waals surface area contributed by atoms with E-state index in [-0.39, 0.29) is 0 Å². The van der Waals surface area contributed by atoms with Crippen molar-refractivity contribution in [1.29, 1.82) is 0 Å². The van der Waals surface area contributed by atoms with E-state index in [0.29, 0.717) is 0 Å². The van der Waals surface area contributed by atoms with E-state index < -0.39 is 0 Å². The van der Waals surface area contributed by atoms with Gasteiger partial charge in [0.1, 0.15) is 5.75 Å². The Morgan fingerprint density at radius 1 is 1.05 bits per heavy atom. The number of unbranched alkanes of at least 4 members (excludes halogenated alkanes) is 1. The number of para-hydroxylation sites is 2. The Bertz CT molecular complexity index is 417. The van der Waals surface area contributed by atoms with Crippen molar-refractivity contribution in [2.45, 2.75) is 26.2 Å². The molecular weight excluding hydrogens is 274 g/mol. The van der Waals surface area contributed by atoms with Crippen LogP contribution in [0, 0.1) is 0 Å². The van der Waals surface area contributed by atoms with Crippen molar-refractivity contribution in [3.05, 3.63) is 24.3 Å². The van der Waals surface area contributed by atoms with Crippen LogP contribution in [-0.2, 0) is 0 Å². The number of benzene rings is 1. The quantitative estimate of drug-likeness (QED) is 0.710. The number of hydrogen-bond donors (Lipinski definition) is 1. The van der Waals surface area contributed by atoms with Crippen LogP contribution >= 0.6 is 0 Å². The topological polar surface area (TPSA) is 27.7 Å². The van der Waals surface area contributed by atoms with Gasteiger partial charge in [0, 0.05) is 26.2 Å². The summed E-state index contributed by atoms with van der Waals surface area (Å²) in [5.41, 5.74) is 1.23. The van der Waals surface area contributed by atoms with Crippen LogP contribution in [0.5, 0.6) is 5.75 Å². The number of hydrogen-bond acceptors (Lipinski definition) is 4. The second-order valence-electron chi connectivity index (χ2n) is 5.96. The molecule has 0 aliphatic carbocycles. The molecule has 1 N–H and O–H groups in total. The Kier molecular flexibility index (Phi) is 7.54. The Labute approximate surface area is 135 Å². The lowest BCUT2D eigenvalue weighted by atomic mass is 10.2. The summed E-state index contributed by atoms with van der Waals surface area (Å²) in [6, 6.07) is 8.33. The van der Waals surface area contributed by atoms with Crippen LogP contribution in [0.2, 0.25) is 0 Å². The van der Waals surface area contributed by atoms with Crippen molar-refractivity contribution in [2.24, 2.45) is 0 Å². The molecule has 22 heavy (non-hydrogen) atoms. The van der Waals surface area contributed by atoms with E-state index in [1.165, 1.54) is 31.5 Å². The molecule has 1 fully saturated rings. The minimum absolute atomic E-state index is 0.984. The molecular formula is C18H31N3O. The third kappa shape index (κ3) is 5.18. The monoisotopic (exact) mass is 305 g/mol. The van der Waals surface area contributed by atoms with Crippen molar-refractivity contribution in [1.82, 2.24) is 10.2 Å². The van der Waals surface area contributed by atoms with Gasteiger partial charge in [-0.2, -0.15) is 0 Å². The zero-order chi connectivity index (χ0) is 15.6. The Morgan fingerprint density at radius 2 is 1.82 bits per heavy atom. The smallest absolute Gasteiger partial charge is 0.142 e. The van der Waals surface area contributed by atoms with Crippen LogP contribution < -0.4 is 15.0 Å². The van der Waals surface area contributed by atoms with E-state index >= 15 is 0 Å². The molecule has 1 saturated heterocycles. The van der Waals surface area contributed by atoms with Crippen molar-refractivity contribution >= 4 is 5.69 Å². The molecule has 0 spiro atoms. The van der Waals surface area contributed by atoms with Gasteiger partial charge in [0.05, 0.1) is 12.8 Å². The first kappa shape index (κ1) is 17.1. The van der Waals surface area contributed by atoms with Crippen LogP contribution in [0.3, 0.4) is 0 Å². The van der Waals surface area contributed by atoms with Crippen LogP contribution in [-0.4, -0.2) is 57.8 Å². The van der Waals surface area contributed by atoms with E-state index in [4.69, 9.17) is 4.74 Å². The van der Waals surface area contributed by atoms with Gasteiger partial charge in [-0.25, -0.2) is 0 Å². The predicted molar refractivity (Wildman–Crippen MR) is 94.0 cm³/mol. The van der Waals surface area contributed by atoms with Crippen LogP contribution in [0.25, 0.3) is 0 Å². The molecule has 4 heteroatoms. The normalized spacial score (nSPS) is 16.0. The van der Waals surface area contributed by atoms with E-state index in [1.807, 2.05) is 12.1 Å². The second-order valence-corrected chi connectivity index (χ2v) is 5.96. The molecule has 0 aromatic heterocycles. The zero-order valence-corrected chi connectivity index (χ0v) is 14.2. The summed E-state index contributed by atoms with van der Waals surface area (Å²) in [4.78, 5) is 5.03. The number of methoxy groups -OCH3 is 1. The average molecular weight is 305 g/mol. The number of ether oxygens (including phenoxy) is 1. The molecule has 4 nitrogen and oxygen atoms in total. The number of nitrogens with zero attached hydrogens (tertiary/aromatic N) is 2. The highest BCUT2D eigenvalue weighted by molar-refractivity contribution is 5.58. The lowest BCUT2D eigenvalue weighted by Crippen LogP contribution is -2.46. The molecule has 0 bridgehead atoms. The SMILES string of the molecule is CCCNCCCCN1CCN(c2ccccc2OC)CC1. The number of piperazine rings is 1. The molecule has 124 valence electrons. The van der Waals surface area contributed by atoms with Gasteiger partial charge >= 0.3 is 0 Å². The summed E-state index contributed by atoms with van der Waals surface area (Å²) < 4.78 is 5.47. The molecule has 2 rings (SSSR count). The zero-order valence-electron chi connectivity index (χ0n) is 14.2. The molecule has 1 aromatic carbocycles. The van der Waals surface area contributed by atoms with Gasteiger partial charge < -0.3 is 15.0 Å². The molecule has 0 atom stereocenters. The van der Waals surface area contributed by atoms with Crippen molar-refractivity contribution in [3.63, 3.8) is 0 Å². The number of nitrogens with one attached hydrogen (secondary N) is 1. The van der Waals surface area contributed by atoms with Gasteiger partial charge in [-0.3, -0.25) is 4.90 Å². The van der Waals surface area contributed by atoms with Gasteiger partial charge in [0.15, 0.2) is 0 Å². The van der Waals surface area contributed by atoms with Gasteiger partial charge in [0.25, 0.3) is 0 Å². The molecule has 1 aliphatic heterocycles. The second kappa shape index (κ2) is 9.70. The molecule has 0 unspecified atom stereocenters. The largest absolute Gasteiger partial charge is 0.495 e. The molecule has 0 saturated carbocycles. The highest BCUT2D eigenvalue weighted by atomic mass is 16.5. The van der Waals surface area contributed by atoms with Gasteiger partial charge in [-0.05, 0) is 51.0 Å². The molecule has 1 aliphatic rings. The van der Waals surface area contributed by atoms with Crippen LogP contribution in [0.15, 0.2) is 24.3 Å². The van der Waals surface area contributed by atoms with E-state index in [9.17, 15) is 0 Å². The average Bonchev–Trinajstić information content (AvgIpc) is 2.58. The minimum Gasteiger partial charge on any atom is -0.495 e. The Hall–Kier alpha value is -1.26. The van der Waals surface area contributed by atoms with E-state index in [0.717, 1.165) is 45.0 Å². The molecule has 1 aromatic rings. The highest BCUT2D eigenvalue weighted by Gasteiger charge is 2.18. The summed E-state index contributed by atoms with van der Waals surface area (Å²) >= 11 is 0. The van der Waals surface area contributed by atoms with Gasteiger partial charge in [-0.1, -0.05) is 19.1 Å². The van der Waals surface area contributed by atoms with Gasteiger partial charge in [-0.15, -0.1) is 0 Å². The maximum absolute atomic E-state index is 5.47. The summed E-state index contributed by atoms with van der Waals surface area (Å²) in [6.07, 6.45) is 3.81. The van der Waals surface area contributed by atoms with Crippen LogP contribution in [0.4, 0.5) is 5.69 Å². The Balaban J connectivity index is 1.67. The standard InChI is InChI=1S/C18H31N3O/c1-3-10-19-11-6-7-12-20-13-15-21(16-14-20)17-8-4-5-9-18(17)22-2/h4-5,8-9,19H,3,6-7,10-16H2,1-2H3. The molecule has 0 radical (unpaired) electrons. The summed E-state index contributed by atoms with van der Waals surface area (Å²) in [7, 11) is 1.75. The first-order valence-corrected chi connectivity index (χ1v) is 8.66. The lowest BCUT2D eigenvalue weighted by Gasteiger charge is -2.36. The summed E-state index contributed by atoms with van der Waals surface area (Å²) in [5.74, 6) is 0.984. The Morgan fingerprint density at radius 3 is 2.55 bits per heavy atom. The van der Waals surface area contributed by atoms with E-state index in [2.05, 4.69) is 34.2 Å². The summed E-state index contributed by atoms with van der Waals surface area (Å²) in [6.45, 7) is 10.2. The highest BCUT2D eigenvalue weighted by Crippen LogP contribution is 2.28. The maximum Gasteiger partial charge on any atom is 0.142 e. The van der Waals surface area contributed by atoms with Crippen molar-refractivity contribution in [2.75, 3.05) is 57.8 Å². The number of anilines is 1. The minimum atomic E-state index is 0.984. The summed E-state index contributed by atoms with van der Waals surface area (Å²) in [5, 5.41) is 3.47. The van der Waals surface area contributed by atoms with Gasteiger partial charge in [0.2, 0.25) is 0 Å². The van der Waals surface area contributed by atoms with Crippen molar-refractivity contribution < 1.29 is 4.74 Å². The van der Waals surface area contributed by atoms with E-state index in [1.54, 1.807) is 7.11 Å². The third-order valence-corrected chi connectivity index (χ3v) is 4.30. The molecule has 0 amide bonds. The molecule has 1 heterocycles. The maximum atomic E-state index is 5.47. The predicted octanol–water partition coefficient (Wildman–Crippen LogP) is 2.60. The fourth-order valence-corrected chi connectivity index (χ4v) is 2.99. The lowest BCUT2D eigenvalue weighted by molar-refractivity contribution is 0.252. The van der Waals surface area contributed by atoms with Crippen molar-refractivity contribution in [3.8, 4) is 5.75 Å². The first-order valence-electron chi connectivity index (χ1n) is 8.66. The fraction of sp³-hybridized carbons (Fsp3) is 0.667.